The molecule has 0 nitrogen and oxygen atoms in total. The van der Waals surface area contributed by atoms with E-state index in [0.29, 0.717) is 0 Å². The molecule has 0 aliphatic heterocycles. The van der Waals surface area contributed by atoms with E-state index in [4.69, 9.17) is 0 Å². The van der Waals surface area contributed by atoms with Gasteiger partial charge >= 0.3 is 0 Å². The fraction of sp³-hybridized carbons (Fsp3) is 0.900. The number of hydrogen-bond donors (Lipinski definition) is 0. The standard InChI is InChI=1S/C20H40/c1-4-6-8-10-11-12-13-14-15-17-19-20(3)18-16-9-7-5-2/h3-19H2,1-2H3. The van der Waals surface area contributed by atoms with Gasteiger partial charge in [0.1, 0.15) is 0 Å². The lowest BCUT2D eigenvalue weighted by Gasteiger charge is -2.06. The molecule has 0 heterocycles. The number of hydrogen-bond acceptors (Lipinski definition) is 0. The summed E-state index contributed by atoms with van der Waals surface area (Å²) < 4.78 is 0. The highest BCUT2D eigenvalue weighted by Gasteiger charge is 1.97. The van der Waals surface area contributed by atoms with Crippen molar-refractivity contribution in [1.29, 1.82) is 0 Å². The molecule has 20 heavy (non-hydrogen) atoms. The first-order chi connectivity index (χ1) is 9.81. The van der Waals surface area contributed by atoms with Crippen molar-refractivity contribution in [2.24, 2.45) is 0 Å². The maximum Gasteiger partial charge on any atom is -0.0323 e. The predicted octanol–water partition coefficient (Wildman–Crippen LogP) is 7.82. The summed E-state index contributed by atoms with van der Waals surface area (Å²) >= 11 is 0. The van der Waals surface area contributed by atoms with Crippen LogP contribution in [0.1, 0.15) is 117 Å². The average molecular weight is 281 g/mol. The minimum atomic E-state index is 1.28. The lowest BCUT2D eigenvalue weighted by Crippen LogP contribution is -1.86. The molecule has 0 fully saturated rings. The largest absolute Gasteiger partial charge is 0.0999 e. The fourth-order valence-corrected chi connectivity index (χ4v) is 2.79. The summed E-state index contributed by atoms with van der Waals surface area (Å²) in [7, 11) is 0. The molecule has 0 spiro atoms. The Balaban J connectivity index is 3.09. The third-order valence-corrected chi connectivity index (χ3v) is 4.27. The first-order valence-electron chi connectivity index (χ1n) is 9.47. The maximum absolute atomic E-state index is 4.23. The summed E-state index contributed by atoms with van der Waals surface area (Å²) in [6.07, 6.45) is 22.4. The Labute approximate surface area is 129 Å². The molecule has 0 aromatic rings. The van der Waals surface area contributed by atoms with Crippen LogP contribution in [0.5, 0.6) is 0 Å². The van der Waals surface area contributed by atoms with Crippen molar-refractivity contribution in [3.05, 3.63) is 12.2 Å². The van der Waals surface area contributed by atoms with Crippen molar-refractivity contribution in [2.75, 3.05) is 0 Å². The van der Waals surface area contributed by atoms with Crippen LogP contribution in [0.4, 0.5) is 0 Å². The van der Waals surface area contributed by atoms with Crippen LogP contribution < -0.4 is 0 Å². The van der Waals surface area contributed by atoms with Crippen LogP contribution in [0, 0.1) is 0 Å². The summed E-state index contributed by atoms with van der Waals surface area (Å²) in [5.74, 6) is 0. The van der Waals surface area contributed by atoms with E-state index in [1.165, 1.54) is 108 Å². The first-order valence-corrected chi connectivity index (χ1v) is 9.47. The van der Waals surface area contributed by atoms with Crippen LogP contribution in [0.2, 0.25) is 0 Å². The third-order valence-electron chi connectivity index (χ3n) is 4.27. The number of unbranched alkanes of at least 4 members (excludes halogenated alkanes) is 12. The minimum absolute atomic E-state index is 1.28. The van der Waals surface area contributed by atoms with Gasteiger partial charge < -0.3 is 0 Å². The molecule has 0 rings (SSSR count). The molecule has 0 saturated carbocycles. The molecular weight excluding hydrogens is 240 g/mol. The fourth-order valence-electron chi connectivity index (χ4n) is 2.79. The minimum Gasteiger partial charge on any atom is -0.0999 e. The Kier molecular flexibility index (Phi) is 16.6. The highest BCUT2D eigenvalue weighted by molar-refractivity contribution is 4.93. The summed E-state index contributed by atoms with van der Waals surface area (Å²) in [5.41, 5.74) is 1.50. The molecule has 0 aromatic carbocycles. The number of rotatable bonds is 16. The average Bonchev–Trinajstić information content (AvgIpc) is 2.45. The smallest absolute Gasteiger partial charge is 0.0323 e. The van der Waals surface area contributed by atoms with Gasteiger partial charge in [0.05, 0.1) is 0 Å². The van der Waals surface area contributed by atoms with Crippen LogP contribution in [0.3, 0.4) is 0 Å². The van der Waals surface area contributed by atoms with Crippen molar-refractivity contribution in [3.63, 3.8) is 0 Å². The van der Waals surface area contributed by atoms with Crippen LogP contribution >= 0.6 is 0 Å². The first kappa shape index (κ1) is 19.7. The molecule has 0 unspecified atom stereocenters. The predicted molar refractivity (Wildman–Crippen MR) is 94.4 cm³/mol. The van der Waals surface area contributed by atoms with Gasteiger partial charge in [0, 0.05) is 0 Å². The molecule has 0 atom stereocenters. The van der Waals surface area contributed by atoms with Gasteiger partial charge in [-0.2, -0.15) is 0 Å². The summed E-state index contributed by atoms with van der Waals surface area (Å²) in [5, 5.41) is 0. The van der Waals surface area contributed by atoms with E-state index >= 15 is 0 Å². The lowest BCUT2D eigenvalue weighted by molar-refractivity contribution is 0.553. The van der Waals surface area contributed by atoms with E-state index in [1.54, 1.807) is 0 Å². The lowest BCUT2D eigenvalue weighted by atomic mass is 10.0. The molecule has 120 valence electrons. The van der Waals surface area contributed by atoms with Gasteiger partial charge in [0.2, 0.25) is 0 Å². The van der Waals surface area contributed by atoms with Crippen molar-refractivity contribution in [3.8, 4) is 0 Å². The molecule has 0 heteroatoms. The zero-order valence-corrected chi connectivity index (χ0v) is 14.5. The molecule has 0 aromatic heterocycles. The molecule has 0 aliphatic carbocycles. The van der Waals surface area contributed by atoms with Crippen LogP contribution in [-0.2, 0) is 0 Å². The quantitative estimate of drug-likeness (QED) is 0.200. The highest BCUT2D eigenvalue weighted by Crippen LogP contribution is 2.16. The molecule has 0 N–H and O–H groups in total. The Hall–Kier alpha value is -0.260. The van der Waals surface area contributed by atoms with Crippen molar-refractivity contribution >= 4 is 0 Å². The van der Waals surface area contributed by atoms with Crippen molar-refractivity contribution < 1.29 is 0 Å². The van der Waals surface area contributed by atoms with Crippen LogP contribution in [-0.4, -0.2) is 0 Å². The van der Waals surface area contributed by atoms with Gasteiger partial charge in [-0.3, -0.25) is 0 Å². The van der Waals surface area contributed by atoms with Gasteiger partial charge in [-0.1, -0.05) is 103 Å². The molecule has 0 saturated heterocycles. The van der Waals surface area contributed by atoms with E-state index in [2.05, 4.69) is 20.4 Å². The SMILES string of the molecule is C=C(CCCCCC)CCCCCCCCCCCC. The van der Waals surface area contributed by atoms with Crippen LogP contribution in [0.15, 0.2) is 12.2 Å². The second-order valence-electron chi connectivity index (χ2n) is 6.49. The zero-order chi connectivity index (χ0) is 14.9. The Morgan fingerprint density at radius 2 is 0.800 bits per heavy atom. The van der Waals surface area contributed by atoms with Crippen molar-refractivity contribution in [2.45, 2.75) is 117 Å². The van der Waals surface area contributed by atoms with Gasteiger partial charge in [-0.15, -0.1) is 0 Å². The Morgan fingerprint density at radius 3 is 1.20 bits per heavy atom. The second-order valence-corrected chi connectivity index (χ2v) is 6.49. The zero-order valence-electron chi connectivity index (χ0n) is 14.5. The molecule has 0 amide bonds. The van der Waals surface area contributed by atoms with Crippen molar-refractivity contribution in [1.82, 2.24) is 0 Å². The van der Waals surface area contributed by atoms with E-state index in [0.717, 1.165) is 0 Å². The normalized spacial score (nSPS) is 10.9. The number of allylic oxidation sites excluding steroid dienone is 1. The van der Waals surface area contributed by atoms with E-state index in [9.17, 15) is 0 Å². The second kappa shape index (κ2) is 16.8. The molecule has 0 bridgehead atoms. The summed E-state index contributed by atoms with van der Waals surface area (Å²) in [4.78, 5) is 0. The highest BCUT2D eigenvalue weighted by atomic mass is 14.0. The van der Waals surface area contributed by atoms with Gasteiger partial charge in [-0.25, -0.2) is 0 Å². The van der Waals surface area contributed by atoms with Gasteiger partial charge in [0.15, 0.2) is 0 Å². The summed E-state index contributed by atoms with van der Waals surface area (Å²) in [6, 6.07) is 0. The molecule has 0 radical (unpaired) electrons. The third kappa shape index (κ3) is 15.8. The van der Waals surface area contributed by atoms with Gasteiger partial charge in [-0.05, 0) is 25.7 Å². The summed E-state index contributed by atoms with van der Waals surface area (Å²) in [6.45, 7) is 8.79. The molecule has 0 aliphatic rings. The topological polar surface area (TPSA) is 0 Å². The van der Waals surface area contributed by atoms with E-state index < -0.39 is 0 Å². The Bertz CT molecular complexity index is 192. The van der Waals surface area contributed by atoms with E-state index in [-0.39, 0.29) is 0 Å². The van der Waals surface area contributed by atoms with Gasteiger partial charge in [0.25, 0.3) is 0 Å². The van der Waals surface area contributed by atoms with E-state index in [1.807, 2.05) is 0 Å². The maximum atomic E-state index is 4.23. The van der Waals surface area contributed by atoms with Crippen LogP contribution in [0.25, 0.3) is 0 Å². The monoisotopic (exact) mass is 280 g/mol. The Morgan fingerprint density at radius 1 is 0.500 bits per heavy atom. The molecular formula is C20H40.